The molecule has 2 amide bonds. The molecule has 10 heteroatoms. The highest BCUT2D eigenvalue weighted by molar-refractivity contribution is 5.95. The first-order chi connectivity index (χ1) is 16.5. The van der Waals surface area contributed by atoms with E-state index in [2.05, 4.69) is 10.2 Å². The van der Waals surface area contributed by atoms with Crippen molar-refractivity contribution < 1.29 is 14.3 Å². The number of nitrogens with zero attached hydrogens (tertiary/aromatic N) is 2. The summed E-state index contributed by atoms with van der Waals surface area (Å²) in [7, 11) is 0. The number of hydrogen-bond acceptors (Lipinski definition) is 5. The van der Waals surface area contributed by atoms with Crippen molar-refractivity contribution in [2.24, 2.45) is 23.5 Å². The number of urea groups is 1. The Bertz CT molecular complexity index is 915. The molecule has 3 unspecified atom stereocenters. The Morgan fingerprint density at radius 1 is 0.917 bits per heavy atom. The number of nitrogens with two attached hydrogens (primary N) is 1. The molecule has 1 saturated heterocycles. The van der Waals surface area contributed by atoms with Crippen LogP contribution in [0.15, 0.2) is 24.3 Å². The maximum absolute atomic E-state index is 12.8. The van der Waals surface area contributed by atoms with Crippen LogP contribution in [-0.4, -0.2) is 61.1 Å². The molecule has 2 bridgehead atoms. The standard InChI is InChI=1S/C26H37N5O3.2ClH/c27-24(28)18-5-9-22(10-6-18)30-11-13-31(14-12-30)26(33)29-21-7-3-19(4-8-21)25(32)34-23-16-17-1-2-20(23)15-17;;/h5-6,9-10,17,19-21,23H,1-4,7-8,11-16H2,(H3,27,28)(H,29,33);2*1H. The van der Waals surface area contributed by atoms with Gasteiger partial charge in [0, 0.05) is 43.5 Å². The number of amidine groups is 1. The van der Waals surface area contributed by atoms with Gasteiger partial charge in [0.25, 0.3) is 0 Å². The van der Waals surface area contributed by atoms with E-state index in [4.69, 9.17) is 15.9 Å². The molecule has 3 saturated carbocycles. The number of halogens is 2. The van der Waals surface area contributed by atoms with Crippen LogP contribution in [0, 0.1) is 23.2 Å². The van der Waals surface area contributed by atoms with Crippen molar-refractivity contribution in [1.29, 1.82) is 5.41 Å². The minimum Gasteiger partial charge on any atom is -0.462 e. The first-order valence-electron chi connectivity index (χ1n) is 12.9. The van der Waals surface area contributed by atoms with Crippen LogP contribution >= 0.6 is 24.8 Å². The van der Waals surface area contributed by atoms with Crippen LogP contribution in [0.3, 0.4) is 0 Å². The first kappa shape index (κ1) is 28.4. The van der Waals surface area contributed by atoms with Crippen molar-refractivity contribution in [1.82, 2.24) is 10.2 Å². The Morgan fingerprint density at radius 2 is 1.58 bits per heavy atom. The van der Waals surface area contributed by atoms with Crippen molar-refractivity contribution in [2.75, 3.05) is 31.1 Å². The van der Waals surface area contributed by atoms with Gasteiger partial charge in [0.1, 0.15) is 11.9 Å². The molecule has 3 atom stereocenters. The van der Waals surface area contributed by atoms with Crippen molar-refractivity contribution >= 4 is 48.3 Å². The third kappa shape index (κ3) is 6.38. The summed E-state index contributed by atoms with van der Waals surface area (Å²) in [5.74, 6) is 1.44. The summed E-state index contributed by atoms with van der Waals surface area (Å²) in [5.41, 5.74) is 7.33. The van der Waals surface area contributed by atoms with Gasteiger partial charge in [0.05, 0.1) is 5.92 Å². The molecule has 3 aliphatic carbocycles. The monoisotopic (exact) mass is 539 g/mol. The molecule has 200 valence electrons. The van der Waals surface area contributed by atoms with Gasteiger partial charge in [-0.05, 0) is 87.5 Å². The largest absolute Gasteiger partial charge is 0.462 e. The van der Waals surface area contributed by atoms with E-state index in [0.717, 1.165) is 62.4 Å². The lowest BCUT2D eigenvalue weighted by molar-refractivity contribution is -0.157. The van der Waals surface area contributed by atoms with Crippen LogP contribution in [0.1, 0.15) is 56.9 Å². The number of amides is 2. The molecule has 1 aromatic carbocycles. The fourth-order valence-corrected chi connectivity index (χ4v) is 6.34. The van der Waals surface area contributed by atoms with Crippen molar-refractivity contribution in [3.63, 3.8) is 0 Å². The fourth-order valence-electron chi connectivity index (χ4n) is 6.34. The molecule has 1 aromatic rings. The minimum atomic E-state index is -0.00906. The first-order valence-corrected chi connectivity index (χ1v) is 12.9. The maximum atomic E-state index is 12.8. The molecule has 1 aliphatic heterocycles. The van der Waals surface area contributed by atoms with Gasteiger partial charge in [-0.1, -0.05) is 0 Å². The molecule has 0 aromatic heterocycles. The quantitative estimate of drug-likeness (QED) is 0.298. The molecule has 4 fully saturated rings. The number of fused-ring (bicyclic) bond motifs is 2. The molecule has 5 rings (SSSR count). The number of benzene rings is 1. The number of hydrogen-bond donors (Lipinski definition) is 3. The van der Waals surface area contributed by atoms with Crippen LogP contribution in [0.25, 0.3) is 0 Å². The van der Waals surface area contributed by atoms with E-state index in [1.165, 1.54) is 19.3 Å². The third-order valence-corrected chi connectivity index (χ3v) is 8.44. The maximum Gasteiger partial charge on any atom is 0.317 e. The number of piperazine rings is 1. The summed E-state index contributed by atoms with van der Waals surface area (Å²) in [4.78, 5) is 29.6. The van der Waals surface area contributed by atoms with E-state index in [0.29, 0.717) is 19.0 Å². The van der Waals surface area contributed by atoms with Gasteiger partial charge >= 0.3 is 12.0 Å². The van der Waals surface area contributed by atoms with Gasteiger partial charge in [-0.25, -0.2) is 4.79 Å². The van der Waals surface area contributed by atoms with Gasteiger partial charge in [-0.3, -0.25) is 10.2 Å². The van der Waals surface area contributed by atoms with Crippen molar-refractivity contribution in [3.8, 4) is 0 Å². The van der Waals surface area contributed by atoms with E-state index in [-0.39, 0.29) is 60.7 Å². The Hall–Kier alpha value is -2.19. The molecular weight excluding hydrogens is 501 g/mol. The van der Waals surface area contributed by atoms with Gasteiger partial charge in [0.2, 0.25) is 0 Å². The highest BCUT2D eigenvalue weighted by Gasteiger charge is 2.42. The number of anilines is 1. The van der Waals surface area contributed by atoms with Crippen LogP contribution < -0.4 is 16.0 Å². The molecule has 36 heavy (non-hydrogen) atoms. The van der Waals surface area contributed by atoms with Crippen molar-refractivity contribution in [3.05, 3.63) is 29.8 Å². The molecule has 0 spiro atoms. The van der Waals surface area contributed by atoms with Gasteiger partial charge < -0.3 is 25.6 Å². The zero-order chi connectivity index (χ0) is 23.7. The smallest absolute Gasteiger partial charge is 0.317 e. The summed E-state index contributed by atoms with van der Waals surface area (Å²) in [6.45, 7) is 2.89. The van der Waals surface area contributed by atoms with Crippen LogP contribution in [0.5, 0.6) is 0 Å². The topological polar surface area (TPSA) is 112 Å². The predicted molar refractivity (Wildman–Crippen MR) is 145 cm³/mol. The van der Waals surface area contributed by atoms with Crippen molar-refractivity contribution in [2.45, 2.75) is 63.5 Å². The third-order valence-electron chi connectivity index (χ3n) is 8.44. The second-order valence-corrected chi connectivity index (χ2v) is 10.6. The van der Waals surface area contributed by atoms with E-state index < -0.39 is 0 Å². The second-order valence-electron chi connectivity index (χ2n) is 10.6. The Balaban J connectivity index is 0.00000180. The van der Waals surface area contributed by atoms with Gasteiger partial charge in [-0.15, -0.1) is 24.8 Å². The number of carbonyl (C=O) groups is 2. The number of esters is 1. The number of rotatable bonds is 5. The predicted octanol–water partition coefficient (Wildman–Crippen LogP) is 3.94. The van der Waals surface area contributed by atoms with E-state index in [1.807, 2.05) is 29.2 Å². The SMILES string of the molecule is Cl.Cl.N=C(N)c1ccc(N2CCN(C(=O)NC3CCC(C(=O)OC4CC5CCC4C5)CC3)CC2)cc1. The fraction of sp³-hybridized carbons (Fsp3) is 0.654. The molecule has 0 radical (unpaired) electrons. The average Bonchev–Trinajstić information content (AvgIpc) is 3.48. The van der Waals surface area contributed by atoms with Crippen LogP contribution in [0.2, 0.25) is 0 Å². The summed E-state index contributed by atoms with van der Waals surface area (Å²) >= 11 is 0. The van der Waals surface area contributed by atoms with Gasteiger partial charge in [0.15, 0.2) is 0 Å². The Kier molecular flexibility index (Phi) is 9.75. The molecule has 8 nitrogen and oxygen atoms in total. The normalized spacial score (nSPS) is 29.1. The Labute approximate surface area is 226 Å². The highest BCUT2D eigenvalue weighted by Crippen LogP contribution is 2.46. The zero-order valence-electron chi connectivity index (χ0n) is 20.7. The lowest BCUT2D eigenvalue weighted by atomic mass is 9.86. The lowest BCUT2D eigenvalue weighted by Gasteiger charge is -2.37. The second kappa shape index (κ2) is 12.4. The highest BCUT2D eigenvalue weighted by atomic mass is 35.5. The molecule has 4 aliphatic rings. The summed E-state index contributed by atoms with van der Waals surface area (Å²) < 4.78 is 5.91. The minimum absolute atomic E-state index is 0. The van der Waals surface area contributed by atoms with Gasteiger partial charge in [-0.2, -0.15) is 0 Å². The number of carbonyl (C=O) groups excluding carboxylic acids is 2. The van der Waals surface area contributed by atoms with E-state index >= 15 is 0 Å². The molecule has 1 heterocycles. The molecule has 4 N–H and O–H groups in total. The number of nitrogens with one attached hydrogen (secondary N) is 2. The summed E-state index contributed by atoms with van der Waals surface area (Å²) in [5, 5.41) is 10.7. The lowest BCUT2D eigenvalue weighted by Crippen LogP contribution is -2.54. The zero-order valence-corrected chi connectivity index (χ0v) is 22.3. The molecular formula is C26H39Cl2N5O3. The number of nitrogen functional groups attached to an aromatic ring is 1. The van der Waals surface area contributed by atoms with Crippen LogP contribution in [0.4, 0.5) is 10.5 Å². The van der Waals surface area contributed by atoms with Crippen LogP contribution in [-0.2, 0) is 9.53 Å². The van der Waals surface area contributed by atoms with E-state index in [1.54, 1.807) is 0 Å². The van der Waals surface area contributed by atoms with E-state index in [9.17, 15) is 9.59 Å². The Morgan fingerprint density at radius 3 is 2.14 bits per heavy atom. The summed E-state index contributed by atoms with van der Waals surface area (Å²) in [6.07, 6.45) is 8.29. The number of ether oxygens (including phenoxy) is 1. The average molecular weight is 541 g/mol. The summed E-state index contributed by atoms with van der Waals surface area (Å²) in [6, 6.07) is 7.82.